The highest BCUT2D eigenvalue weighted by molar-refractivity contribution is 6.17. The number of amides is 1. The molecule has 0 spiro atoms. The highest BCUT2D eigenvalue weighted by atomic mass is 35.5. The van der Waals surface area contributed by atoms with Crippen LogP contribution in [0.15, 0.2) is 55.1 Å². The molecule has 128 valence electrons. The van der Waals surface area contributed by atoms with Gasteiger partial charge in [0.1, 0.15) is 0 Å². The van der Waals surface area contributed by atoms with Crippen LogP contribution in [0.5, 0.6) is 0 Å². The van der Waals surface area contributed by atoms with Crippen LogP contribution in [0.1, 0.15) is 12.0 Å². The van der Waals surface area contributed by atoms with Crippen LogP contribution in [0, 0.1) is 0 Å². The molecule has 6 heteroatoms. The monoisotopic (exact) mass is 340 g/mol. The SMILES string of the molecule is C=C(CCN(C)C)C(=O)O.C=CC(N)=O.ClCc1ccccc1. The van der Waals surface area contributed by atoms with E-state index < -0.39 is 11.9 Å². The molecule has 1 aromatic carbocycles. The molecule has 0 aliphatic rings. The zero-order chi connectivity index (χ0) is 18.3. The van der Waals surface area contributed by atoms with E-state index in [0.717, 1.165) is 12.6 Å². The molecule has 1 amide bonds. The Morgan fingerprint density at radius 1 is 1.30 bits per heavy atom. The zero-order valence-electron chi connectivity index (χ0n) is 13.7. The fourth-order valence-corrected chi connectivity index (χ4v) is 1.21. The van der Waals surface area contributed by atoms with Crippen LogP contribution in [-0.2, 0) is 15.5 Å². The maximum Gasteiger partial charge on any atom is 0.331 e. The van der Waals surface area contributed by atoms with Crippen molar-refractivity contribution >= 4 is 23.5 Å². The van der Waals surface area contributed by atoms with Gasteiger partial charge in [-0.05, 0) is 32.2 Å². The van der Waals surface area contributed by atoms with E-state index in [0.29, 0.717) is 12.3 Å². The van der Waals surface area contributed by atoms with E-state index in [1.807, 2.05) is 49.3 Å². The zero-order valence-corrected chi connectivity index (χ0v) is 14.4. The molecule has 0 unspecified atom stereocenters. The predicted octanol–water partition coefficient (Wildman–Crippen LogP) is 2.66. The number of carbonyl (C=O) groups is 2. The summed E-state index contributed by atoms with van der Waals surface area (Å²) >= 11 is 5.53. The third-order valence-electron chi connectivity index (χ3n) is 2.36. The molecule has 1 aromatic rings. The Morgan fingerprint density at radius 2 is 1.78 bits per heavy atom. The number of nitrogens with zero attached hydrogens (tertiary/aromatic N) is 1. The minimum atomic E-state index is -0.901. The molecule has 0 fully saturated rings. The number of hydrogen-bond acceptors (Lipinski definition) is 3. The van der Waals surface area contributed by atoms with Gasteiger partial charge in [0.2, 0.25) is 5.91 Å². The number of primary amides is 1. The number of rotatable bonds is 6. The quantitative estimate of drug-likeness (QED) is 0.616. The second-order valence-electron chi connectivity index (χ2n) is 4.69. The van der Waals surface area contributed by atoms with Gasteiger partial charge in [-0.15, -0.1) is 11.6 Å². The topological polar surface area (TPSA) is 83.6 Å². The molecule has 0 atom stereocenters. The van der Waals surface area contributed by atoms with Crippen LogP contribution < -0.4 is 5.73 Å². The molecule has 23 heavy (non-hydrogen) atoms. The van der Waals surface area contributed by atoms with Crippen molar-refractivity contribution in [2.24, 2.45) is 5.73 Å². The van der Waals surface area contributed by atoms with Gasteiger partial charge >= 0.3 is 5.97 Å². The van der Waals surface area contributed by atoms with Gasteiger partial charge in [0.15, 0.2) is 0 Å². The van der Waals surface area contributed by atoms with Gasteiger partial charge in [-0.3, -0.25) is 4.79 Å². The average Bonchev–Trinajstić information content (AvgIpc) is 2.54. The molecule has 0 aliphatic heterocycles. The summed E-state index contributed by atoms with van der Waals surface area (Å²) in [5.74, 6) is -0.771. The summed E-state index contributed by atoms with van der Waals surface area (Å²) in [6, 6.07) is 9.96. The molecule has 1 rings (SSSR count). The largest absolute Gasteiger partial charge is 0.478 e. The van der Waals surface area contributed by atoms with Crippen LogP contribution in [-0.4, -0.2) is 42.5 Å². The Bertz CT molecular complexity index is 488. The first-order valence-corrected chi connectivity index (χ1v) is 7.35. The molecule has 5 nitrogen and oxygen atoms in total. The molecule has 0 aromatic heterocycles. The standard InChI is InChI=1S/C7H7Cl.C7H13NO2.C3H5NO/c8-6-7-4-2-1-3-5-7;1-6(7(9)10)4-5-8(2)3;1-2-3(4)5/h1-5H,6H2;1,4-5H2,2-3H3,(H,9,10);2H,1H2,(H2,4,5). The molecule has 0 bridgehead atoms. The van der Waals surface area contributed by atoms with Gasteiger partial charge in [-0.25, -0.2) is 4.79 Å². The average molecular weight is 341 g/mol. The molecule has 0 saturated heterocycles. The van der Waals surface area contributed by atoms with Gasteiger partial charge in [-0.2, -0.15) is 0 Å². The number of alkyl halides is 1. The Morgan fingerprint density at radius 3 is 2.04 bits per heavy atom. The van der Waals surface area contributed by atoms with Crippen molar-refractivity contribution in [1.82, 2.24) is 4.90 Å². The first-order valence-electron chi connectivity index (χ1n) is 6.82. The Hall–Kier alpha value is -2.11. The summed E-state index contributed by atoms with van der Waals surface area (Å²) in [4.78, 5) is 21.6. The van der Waals surface area contributed by atoms with Crippen LogP contribution in [0.4, 0.5) is 0 Å². The van der Waals surface area contributed by atoms with Gasteiger partial charge in [0, 0.05) is 18.0 Å². The van der Waals surface area contributed by atoms with Crippen LogP contribution >= 0.6 is 11.6 Å². The second-order valence-corrected chi connectivity index (χ2v) is 4.95. The third-order valence-corrected chi connectivity index (χ3v) is 2.67. The Balaban J connectivity index is 0. The van der Waals surface area contributed by atoms with Crippen molar-refractivity contribution in [3.8, 4) is 0 Å². The fraction of sp³-hybridized carbons (Fsp3) is 0.294. The number of carboxylic acids is 1. The smallest absolute Gasteiger partial charge is 0.331 e. The molecular weight excluding hydrogens is 316 g/mol. The summed E-state index contributed by atoms with van der Waals surface area (Å²) in [6.45, 7) is 7.23. The van der Waals surface area contributed by atoms with Gasteiger partial charge < -0.3 is 15.7 Å². The summed E-state index contributed by atoms with van der Waals surface area (Å²) in [6.07, 6.45) is 1.59. The maximum absolute atomic E-state index is 10.2. The first kappa shape index (κ1) is 23.2. The molecule has 0 saturated carbocycles. The minimum absolute atomic E-state index is 0.272. The van der Waals surface area contributed by atoms with E-state index in [2.05, 4.69) is 18.9 Å². The highest BCUT2D eigenvalue weighted by Gasteiger charge is 2.02. The van der Waals surface area contributed by atoms with E-state index in [1.54, 1.807) is 0 Å². The Labute approximate surface area is 143 Å². The van der Waals surface area contributed by atoms with Crippen molar-refractivity contribution in [3.05, 3.63) is 60.7 Å². The molecule has 0 heterocycles. The Kier molecular flexibility index (Phi) is 14.9. The van der Waals surface area contributed by atoms with Crippen molar-refractivity contribution in [1.29, 1.82) is 0 Å². The fourth-order valence-electron chi connectivity index (χ4n) is 1.03. The molecule has 3 N–H and O–H groups in total. The van der Waals surface area contributed by atoms with Gasteiger partial charge in [0.25, 0.3) is 0 Å². The molecular formula is C17H25ClN2O3. The number of aliphatic carboxylic acids is 1. The summed E-state index contributed by atoms with van der Waals surface area (Å²) in [7, 11) is 3.80. The lowest BCUT2D eigenvalue weighted by Crippen LogP contribution is -2.15. The number of benzene rings is 1. The van der Waals surface area contributed by atoms with Gasteiger partial charge in [0.05, 0.1) is 0 Å². The third kappa shape index (κ3) is 17.8. The summed E-state index contributed by atoms with van der Waals surface area (Å²) in [5.41, 5.74) is 5.98. The van der Waals surface area contributed by atoms with Crippen molar-refractivity contribution in [2.75, 3.05) is 20.6 Å². The molecule has 0 radical (unpaired) electrons. The summed E-state index contributed by atoms with van der Waals surface area (Å²) < 4.78 is 0. The lowest BCUT2D eigenvalue weighted by Gasteiger charge is -2.07. The number of nitrogens with two attached hydrogens (primary N) is 1. The van der Waals surface area contributed by atoms with E-state index in [4.69, 9.17) is 16.7 Å². The van der Waals surface area contributed by atoms with E-state index in [1.165, 1.54) is 5.56 Å². The van der Waals surface area contributed by atoms with E-state index in [-0.39, 0.29) is 5.57 Å². The minimum Gasteiger partial charge on any atom is -0.478 e. The lowest BCUT2D eigenvalue weighted by atomic mass is 10.2. The van der Waals surface area contributed by atoms with Crippen molar-refractivity contribution in [2.45, 2.75) is 12.3 Å². The number of carboxylic acid groups (broad SMARTS) is 1. The summed E-state index contributed by atoms with van der Waals surface area (Å²) in [5, 5.41) is 8.38. The van der Waals surface area contributed by atoms with Gasteiger partial charge in [-0.1, -0.05) is 43.5 Å². The number of carbonyl (C=O) groups excluding carboxylic acids is 1. The maximum atomic E-state index is 10.2. The molecule has 0 aliphatic carbocycles. The number of hydrogen-bond donors (Lipinski definition) is 2. The lowest BCUT2D eigenvalue weighted by molar-refractivity contribution is -0.132. The van der Waals surface area contributed by atoms with E-state index in [9.17, 15) is 9.59 Å². The normalized spacial score (nSPS) is 8.87. The van der Waals surface area contributed by atoms with Crippen LogP contribution in [0.25, 0.3) is 0 Å². The van der Waals surface area contributed by atoms with Crippen molar-refractivity contribution in [3.63, 3.8) is 0 Å². The van der Waals surface area contributed by atoms with Crippen LogP contribution in [0.3, 0.4) is 0 Å². The first-order chi connectivity index (χ1) is 10.7. The van der Waals surface area contributed by atoms with Crippen LogP contribution in [0.2, 0.25) is 0 Å². The second kappa shape index (κ2) is 14.8. The number of halogens is 1. The highest BCUT2D eigenvalue weighted by Crippen LogP contribution is 2.00. The van der Waals surface area contributed by atoms with Crippen molar-refractivity contribution < 1.29 is 14.7 Å². The van der Waals surface area contributed by atoms with E-state index >= 15 is 0 Å². The predicted molar refractivity (Wildman–Crippen MR) is 95.3 cm³/mol.